The summed E-state index contributed by atoms with van der Waals surface area (Å²) < 4.78 is 66.5. The van der Waals surface area contributed by atoms with Gasteiger partial charge in [-0.05, 0) is 29.7 Å². The van der Waals surface area contributed by atoms with E-state index >= 15 is 4.39 Å². The van der Waals surface area contributed by atoms with Crippen LogP contribution in [0.25, 0.3) is 6.08 Å². The van der Waals surface area contributed by atoms with Crippen LogP contribution in [-0.4, -0.2) is 16.8 Å². The van der Waals surface area contributed by atoms with E-state index in [9.17, 15) is 16.8 Å². The Balaban J connectivity index is 2.19. The van der Waals surface area contributed by atoms with Crippen molar-refractivity contribution < 1.29 is 21.2 Å². The fraction of sp³-hybridized carbons (Fsp3) is 0.167. The van der Waals surface area contributed by atoms with E-state index < -0.39 is 41.1 Å². The summed E-state index contributed by atoms with van der Waals surface area (Å²) in [4.78, 5) is 0. The third kappa shape index (κ3) is 4.78. The third-order valence-corrected chi connectivity index (χ3v) is 9.81. The number of hydrogen-bond acceptors (Lipinski definition) is 4. The molecule has 0 N–H and O–H groups in total. The van der Waals surface area contributed by atoms with E-state index in [0.29, 0.717) is 16.7 Å². The number of sulfone groups is 2. The molecule has 0 aliphatic carbocycles. The molecule has 0 heterocycles. The quantitative estimate of drug-likeness (QED) is 0.475. The Labute approximate surface area is 182 Å². The van der Waals surface area contributed by atoms with Crippen LogP contribution in [0.15, 0.2) is 91.0 Å². The Kier molecular flexibility index (Phi) is 6.77. The monoisotopic (exact) mass is 458 g/mol. The second-order valence-electron chi connectivity index (χ2n) is 7.15. The van der Waals surface area contributed by atoms with Crippen molar-refractivity contribution in [3.63, 3.8) is 0 Å². The highest BCUT2D eigenvalue weighted by Crippen LogP contribution is 2.42. The Morgan fingerprint density at radius 3 is 1.68 bits per heavy atom. The molecule has 0 bridgehead atoms. The topological polar surface area (TPSA) is 68.3 Å². The summed E-state index contributed by atoms with van der Waals surface area (Å²) in [5, 5.41) is 0. The van der Waals surface area contributed by atoms with Gasteiger partial charge >= 0.3 is 4.33 Å². The molecule has 3 aromatic rings. The van der Waals surface area contributed by atoms with Gasteiger partial charge in [-0.15, -0.1) is 0 Å². The molecule has 0 unspecified atom stereocenters. The van der Waals surface area contributed by atoms with Crippen molar-refractivity contribution in [2.75, 3.05) is 0 Å². The first-order valence-corrected chi connectivity index (χ1v) is 12.9. The van der Waals surface area contributed by atoms with E-state index in [0.717, 1.165) is 0 Å². The Hall–Kier alpha value is -2.77. The van der Waals surface area contributed by atoms with Gasteiger partial charge in [0.25, 0.3) is 0 Å². The zero-order valence-electron chi connectivity index (χ0n) is 17.0. The summed E-state index contributed by atoms with van der Waals surface area (Å²) in [7, 11) is -9.63. The molecule has 0 aliphatic heterocycles. The number of allylic oxidation sites excluding steroid dienone is 1. The van der Waals surface area contributed by atoms with Gasteiger partial charge in [0.15, 0.2) is 0 Å². The van der Waals surface area contributed by atoms with E-state index in [2.05, 4.69) is 0 Å². The molecule has 0 spiro atoms. The van der Waals surface area contributed by atoms with Crippen LogP contribution in [0, 0.1) is 0 Å². The van der Waals surface area contributed by atoms with Crippen molar-refractivity contribution in [3.05, 3.63) is 113 Å². The van der Waals surface area contributed by atoms with E-state index in [-0.39, 0.29) is 0 Å². The minimum absolute atomic E-state index is 0.309. The van der Waals surface area contributed by atoms with Gasteiger partial charge in [0.2, 0.25) is 19.7 Å². The Bertz CT molecular complexity index is 1200. The minimum Gasteiger partial charge on any atom is -0.224 e. The number of alkyl halides is 1. The largest absolute Gasteiger partial charge is 0.334 e. The van der Waals surface area contributed by atoms with Gasteiger partial charge in [0, 0.05) is 5.56 Å². The Morgan fingerprint density at radius 2 is 1.23 bits per heavy atom. The zero-order chi connectivity index (χ0) is 22.5. The maximum absolute atomic E-state index is 16.7. The zero-order valence-corrected chi connectivity index (χ0v) is 18.6. The maximum Gasteiger partial charge on any atom is 0.334 e. The van der Waals surface area contributed by atoms with Gasteiger partial charge in [-0.1, -0.05) is 91.0 Å². The highest BCUT2D eigenvalue weighted by atomic mass is 32.3. The molecule has 0 fully saturated rings. The number of hydrogen-bond donors (Lipinski definition) is 0. The van der Waals surface area contributed by atoms with Crippen molar-refractivity contribution in [1.82, 2.24) is 0 Å². The van der Waals surface area contributed by atoms with Crippen LogP contribution in [0.1, 0.15) is 29.2 Å². The highest BCUT2D eigenvalue weighted by molar-refractivity contribution is 8.08. The van der Waals surface area contributed by atoms with Crippen LogP contribution in [0.3, 0.4) is 0 Å². The first kappa shape index (κ1) is 22.9. The van der Waals surface area contributed by atoms with Crippen LogP contribution in [0.2, 0.25) is 0 Å². The van der Waals surface area contributed by atoms with Crippen molar-refractivity contribution in [2.45, 2.75) is 22.8 Å². The van der Waals surface area contributed by atoms with Gasteiger partial charge < -0.3 is 0 Å². The molecular formula is C24H23FO4S2. The van der Waals surface area contributed by atoms with Crippen LogP contribution < -0.4 is 0 Å². The molecule has 0 radical (unpaired) electrons. The van der Waals surface area contributed by atoms with Gasteiger partial charge in [-0.25, -0.2) is 21.2 Å². The highest BCUT2D eigenvalue weighted by Gasteiger charge is 2.57. The minimum atomic E-state index is -4.82. The van der Waals surface area contributed by atoms with E-state index in [1.165, 1.54) is 42.5 Å². The molecule has 3 rings (SSSR count). The van der Waals surface area contributed by atoms with E-state index in [1.54, 1.807) is 61.5 Å². The molecule has 0 saturated heterocycles. The van der Waals surface area contributed by atoms with Crippen molar-refractivity contribution in [3.8, 4) is 0 Å². The van der Waals surface area contributed by atoms with Crippen LogP contribution in [0.4, 0.5) is 4.39 Å². The van der Waals surface area contributed by atoms with E-state index in [4.69, 9.17) is 0 Å². The standard InChI is InChI=1S/C24H23FO4S2/c1-2-10-20-15-9-16-23(17-20)24(25,30(26,27)18-21-11-5-3-6-12-21)31(28,29)19-22-13-7-4-8-14-22/h2-17H,18-19H2,1H3. The third-order valence-electron chi connectivity index (χ3n) is 4.79. The predicted molar refractivity (Wildman–Crippen MR) is 122 cm³/mol. The molecule has 0 saturated carbocycles. The molecule has 162 valence electrons. The molecule has 31 heavy (non-hydrogen) atoms. The van der Waals surface area contributed by atoms with Crippen LogP contribution in [0.5, 0.6) is 0 Å². The van der Waals surface area contributed by atoms with Gasteiger partial charge in [-0.3, -0.25) is 0 Å². The smallest absolute Gasteiger partial charge is 0.224 e. The maximum atomic E-state index is 16.7. The van der Waals surface area contributed by atoms with Crippen molar-refractivity contribution in [2.24, 2.45) is 0 Å². The molecular weight excluding hydrogens is 435 g/mol. The fourth-order valence-corrected chi connectivity index (χ4v) is 7.85. The molecule has 0 aliphatic rings. The fourth-order valence-electron chi connectivity index (χ4n) is 3.35. The first-order chi connectivity index (χ1) is 14.7. The van der Waals surface area contributed by atoms with Crippen LogP contribution in [-0.2, 0) is 35.5 Å². The number of benzene rings is 3. The summed E-state index contributed by atoms with van der Waals surface area (Å²) in [5.41, 5.74) is 0.704. The van der Waals surface area contributed by atoms with Crippen LogP contribution >= 0.6 is 0 Å². The molecule has 0 aromatic heterocycles. The van der Waals surface area contributed by atoms with Gasteiger partial charge in [-0.2, -0.15) is 0 Å². The lowest BCUT2D eigenvalue weighted by atomic mass is 10.1. The average molecular weight is 459 g/mol. The normalized spacial score (nSPS) is 12.8. The molecule has 7 heteroatoms. The molecule has 0 amide bonds. The first-order valence-electron chi connectivity index (χ1n) is 9.64. The van der Waals surface area contributed by atoms with Crippen molar-refractivity contribution >= 4 is 25.8 Å². The lowest BCUT2D eigenvalue weighted by molar-refractivity contribution is 0.363. The molecule has 3 aromatic carbocycles. The van der Waals surface area contributed by atoms with Gasteiger partial charge in [0.1, 0.15) is 0 Å². The SMILES string of the molecule is CC=Cc1cccc(C(F)(S(=O)(=O)Cc2ccccc2)S(=O)(=O)Cc2ccccc2)c1. The lowest BCUT2D eigenvalue weighted by Gasteiger charge is -2.26. The summed E-state index contributed by atoms with van der Waals surface area (Å²) >= 11 is 0. The summed E-state index contributed by atoms with van der Waals surface area (Å²) in [6.45, 7) is 1.76. The summed E-state index contributed by atoms with van der Waals surface area (Å²) in [6, 6.07) is 21.6. The number of halogens is 1. The Morgan fingerprint density at radius 1 is 0.742 bits per heavy atom. The van der Waals surface area contributed by atoms with E-state index in [1.807, 2.05) is 0 Å². The van der Waals surface area contributed by atoms with Gasteiger partial charge in [0.05, 0.1) is 11.5 Å². The van der Waals surface area contributed by atoms with Crippen molar-refractivity contribution in [1.29, 1.82) is 0 Å². The summed E-state index contributed by atoms with van der Waals surface area (Å²) in [6.07, 6.45) is 3.35. The second kappa shape index (κ2) is 9.16. The average Bonchev–Trinajstić information content (AvgIpc) is 2.74. The second-order valence-corrected chi connectivity index (χ2v) is 11.6. The molecule has 0 atom stereocenters. The summed E-state index contributed by atoms with van der Waals surface area (Å²) in [5.74, 6) is -1.49. The molecule has 4 nitrogen and oxygen atoms in total. The predicted octanol–water partition coefficient (Wildman–Crippen LogP) is 5.03. The lowest BCUT2D eigenvalue weighted by Crippen LogP contribution is -2.41. The number of rotatable bonds is 8.